The number of fused-ring (bicyclic) bond motifs is 2. The van der Waals surface area contributed by atoms with E-state index in [1.807, 2.05) is 69.8 Å². The Morgan fingerprint density at radius 3 is 1.60 bits per heavy atom. The first kappa shape index (κ1) is 30.4. The van der Waals surface area contributed by atoms with E-state index < -0.39 is 9.84 Å². The van der Waals surface area contributed by atoms with Gasteiger partial charge in [0.1, 0.15) is 0 Å². The van der Waals surface area contributed by atoms with Gasteiger partial charge in [-0.1, -0.05) is 73.9 Å². The van der Waals surface area contributed by atoms with E-state index in [1.54, 1.807) is 47.8 Å². The number of aromatic nitrogens is 12. The van der Waals surface area contributed by atoms with E-state index in [-0.39, 0.29) is 5.16 Å². The highest BCUT2D eigenvalue weighted by Gasteiger charge is 2.23. The maximum Gasteiger partial charge on any atom is 0.256 e. The van der Waals surface area contributed by atoms with Gasteiger partial charge in [-0.2, -0.15) is 0 Å². The fourth-order valence-electron chi connectivity index (χ4n) is 3.61. The van der Waals surface area contributed by atoms with Crippen molar-refractivity contribution in [1.29, 1.82) is 0 Å². The Labute approximate surface area is 236 Å². The summed E-state index contributed by atoms with van der Waals surface area (Å²) >= 11 is 1.57. The smallest absolute Gasteiger partial charge is 0.254 e. The van der Waals surface area contributed by atoms with Crippen LogP contribution in [0.4, 0.5) is 0 Å². The third kappa shape index (κ3) is 6.02. The number of benzene rings is 2. The molecule has 0 atom stereocenters. The zero-order chi connectivity index (χ0) is 29.4. The summed E-state index contributed by atoms with van der Waals surface area (Å²) in [4.78, 5) is 8.69. The first-order valence-electron chi connectivity index (χ1n) is 12.4. The predicted octanol–water partition coefficient (Wildman–Crippen LogP) is 3.28. The van der Waals surface area contributed by atoms with E-state index in [9.17, 15) is 8.42 Å². The second-order valence-electron chi connectivity index (χ2n) is 7.62. The van der Waals surface area contributed by atoms with Crippen LogP contribution in [0.15, 0.2) is 58.8 Å². The lowest BCUT2D eigenvalue weighted by atomic mass is 10.3. The van der Waals surface area contributed by atoms with Gasteiger partial charge < -0.3 is 0 Å². The molecule has 0 aliphatic heterocycles. The summed E-state index contributed by atoms with van der Waals surface area (Å²) in [5.41, 5.74) is 3.17. The lowest BCUT2D eigenvalue weighted by molar-refractivity contribution is 0.587. The highest BCUT2D eigenvalue weighted by atomic mass is 32.2. The van der Waals surface area contributed by atoms with Gasteiger partial charge in [0.25, 0.3) is 11.9 Å². The Balaban J connectivity index is 0.000000197. The maximum atomic E-state index is 11.9. The second-order valence-corrected chi connectivity index (χ2v) is 10.3. The summed E-state index contributed by atoms with van der Waals surface area (Å²) in [5.74, 6) is 0.970. The molecule has 212 valence electrons. The molecule has 0 bridgehead atoms. The molecule has 14 nitrogen and oxygen atoms in total. The summed E-state index contributed by atoms with van der Waals surface area (Å²) in [6, 6.07) is 15.0. The molecule has 16 heteroatoms. The Kier molecular flexibility index (Phi) is 10.1. The third-order valence-electron chi connectivity index (χ3n) is 5.17. The number of aryl methyl sites for hydroxylation is 2. The minimum atomic E-state index is -3.50. The Bertz CT molecular complexity index is 1800. The molecule has 0 radical (unpaired) electrons. The summed E-state index contributed by atoms with van der Waals surface area (Å²) in [6.07, 6.45) is 3.09. The minimum Gasteiger partial charge on any atom is -0.254 e. The van der Waals surface area contributed by atoms with Gasteiger partial charge in [0.15, 0.2) is 5.16 Å². The van der Waals surface area contributed by atoms with Crippen LogP contribution in [-0.4, -0.2) is 80.4 Å². The second kappa shape index (κ2) is 13.3. The molecule has 0 saturated heterocycles. The molecule has 0 fully saturated rings. The molecule has 4 aromatic heterocycles. The van der Waals surface area contributed by atoms with Gasteiger partial charge >= 0.3 is 0 Å². The molecule has 40 heavy (non-hydrogen) atoms. The van der Waals surface area contributed by atoms with E-state index in [4.69, 9.17) is 0 Å². The number of hydrogen-bond acceptors (Lipinski definition) is 11. The number of hydrogen-bond donors (Lipinski definition) is 0. The average Bonchev–Trinajstić information content (AvgIpc) is 3.75. The van der Waals surface area contributed by atoms with Crippen LogP contribution >= 0.6 is 11.8 Å². The molecule has 0 aliphatic carbocycles. The maximum absolute atomic E-state index is 11.9. The normalized spacial score (nSPS) is 10.8. The third-order valence-corrected chi connectivity index (χ3v) is 6.75. The molecule has 0 aliphatic rings. The average molecular weight is 585 g/mol. The van der Waals surface area contributed by atoms with Gasteiger partial charge in [0.05, 0.1) is 22.1 Å². The largest absolute Gasteiger partial charge is 0.256 e. The van der Waals surface area contributed by atoms with E-state index in [0.29, 0.717) is 22.9 Å². The highest BCUT2D eigenvalue weighted by Crippen LogP contribution is 2.25. The molecule has 0 saturated carbocycles. The molecule has 0 N–H and O–H groups in total. The quantitative estimate of drug-likeness (QED) is 0.280. The standard InChI is InChI=1S/C10H10N6O2S.C10H10N6S.2C2H6/c1-15-9(12-13-14-15)16-8-6-4-3-5-7(8)11-10(16)19(2,17)18;1-15-9(12-13-14-15)16-8-6-4-3-5-7(8)11-10(16)17-2;2*1-2/h3-6H,1-2H3;3-6H,1-2H3;2*1-2H3. The minimum absolute atomic E-state index is 0.0772. The van der Waals surface area contributed by atoms with Gasteiger partial charge in [-0.15, -0.1) is 0 Å². The van der Waals surface area contributed by atoms with Crippen molar-refractivity contribution in [2.24, 2.45) is 14.1 Å². The summed E-state index contributed by atoms with van der Waals surface area (Å²) in [7, 11) is -0.0464. The van der Waals surface area contributed by atoms with Crippen LogP contribution in [0.3, 0.4) is 0 Å². The van der Waals surface area contributed by atoms with Crippen molar-refractivity contribution in [3.05, 3.63) is 48.5 Å². The van der Waals surface area contributed by atoms with Crippen LogP contribution in [0.5, 0.6) is 0 Å². The number of rotatable bonds is 4. The molecule has 2 aromatic carbocycles. The first-order chi connectivity index (χ1) is 19.3. The van der Waals surface area contributed by atoms with Crippen LogP contribution in [0.25, 0.3) is 34.0 Å². The van der Waals surface area contributed by atoms with Gasteiger partial charge in [0, 0.05) is 20.4 Å². The van der Waals surface area contributed by atoms with Crippen molar-refractivity contribution in [1.82, 2.24) is 59.5 Å². The van der Waals surface area contributed by atoms with Crippen molar-refractivity contribution < 1.29 is 8.42 Å². The molecule has 0 amide bonds. The van der Waals surface area contributed by atoms with Gasteiger partial charge in [-0.25, -0.2) is 32.3 Å². The fourth-order valence-corrected chi connectivity index (χ4v) is 4.94. The fraction of sp³-hybridized carbons (Fsp3) is 0.333. The summed E-state index contributed by atoms with van der Waals surface area (Å²) in [6.45, 7) is 8.00. The number of thioether (sulfide) groups is 1. The lowest BCUT2D eigenvalue weighted by Gasteiger charge is -2.04. The van der Waals surface area contributed by atoms with Gasteiger partial charge in [0.2, 0.25) is 15.0 Å². The first-order valence-corrected chi connectivity index (χ1v) is 15.6. The van der Waals surface area contributed by atoms with Crippen LogP contribution < -0.4 is 0 Å². The van der Waals surface area contributed by atoms with Crippen molar-refractivity contribution in [2.75, 3.05) is 12.5 Å². The topological polar surface area (TPSA) is 157 Å². The SMILES string of the molecule is CC.CC.CSc1nc2ccccc2n1-c1nnnn1C.Cn1nnnc1-n1c(S(C)(=O)=O)nc2ccccc21. The number of imidazole rings is 2. The molecular weight excluding hydrogens is 552 g/mol. The van der Waals surface area contributed by atoms with Crippen LogP contribution in [0.1, 0.15) is 27.7 Å². The van der Waals surface area contributed by atoms with Crippen LogP contribution in [-0.2, 0) is 23.9 Å². The van der Waals surface area contributed by atoms with E-state index in [2.05, 4.69) is 41.0 Å². The molecular formula is C24H32N12O2S2. The van der Waals surface area contributed by atoms with Crippen molar-refractivity contribution >= 4 is 43.7 Å². The van der Waals surface area contributed by atoms with Crippen LogP contribution in [0.2, 0.25) is 0 Å². The van der Waals surface area contributed by atoms with E-state index in [1.165, 1.54) is 9.25 Å². The van der Waals surface area contributed by atoms with Gasteiger partial charge in [-0.05, 0) is 51.4 Å². The molecule has 4 heterocycles. The Morgan fingerprint density at radius 2 is 1.15 bits per heavy atom. The summed E-state index contributed by atoms with van der Waals surface area (Å²) < 4.78 is 30.2. The lowest BCUT2D eigenvalue weighted by Crippen LogP contribution is -2.12. The number of sulfone groups is 1. The van der Waals surface area contributed by atoms with E-state index in [0.717, 1.165) is 22.4 Å². The zero-order valence-corrected chi connectivity index (χ0v) is 25.3. The molecule has 6 aromatic rings. The Morgan fingerprint density at radius 1 is 0.700 bits per heavy atom. The van der Waals surface area contributed by atoms with Crippen molar-refractivity contribution in [3.8, 4) is 11.9 Å². The van der Waals surface area contributed by atoms with Crippen LogP contribution in [0, 0.1) is 0 Å². The van der Waals surface area contributed by atoms with Crippen molar-refractivity contribution in [2.45, 2.75) is 38.0 Å². The number of nitrogens with zero attached hydrogens (tertiary/aromatic N) is 12. The summed E-state index contributed by atoms with van der Waals surface area (Å²) in [5, 5.41) is 23.4. The Hall–Kier alpha value is -4.18. The highest BCUT2D eigenvalue weighted by molar-refractivity contribution is 7.98. The predicted molar refractivity (Wildman–Crippen MR) is 154 cm³/mol. The monoisotopic (exact) mass is 584 g/mol. The van der Waals surface area contributed by atoms with E-state index >= 15 is 0 Å². The molecule has 0 spiro atoms. The zero-order valence-electron chi connectivity index (χ0n) is 23.6. The molecule has 6 rings (SSSR count). The number of tetrazole rings is 2. The number of para-hydroxylation sites is 4. The molecule has 0 unspecified atom stereocenters. The van der Waals surface area contributed by atoms with Crippen molar-refractivity contribution in [3.63, 3.8) is 0 Å². The van der Waals surface area contributed by atoms with Gasteiger partial charge in [-0.3, -0.25) is 4.57 Å².